The fourth-order valence-corrected chi connectivity index (χ4v) is 1.28. The fourth-order valence-electron chi connectivity index (χ4n) is 1.28. The first-order chi connectivity index (χ1) is 6.13. The summed E-state index contributed by atoms with van der Waals surface area (Å²) in [7, 11) is 0. The van der Waals surface area contributed by atoms with Crippen LogP contribution in [0.4, 0.5) is 0 Å². The van der Waals surface area contributed by atoms with Gasteiger partial charge in [-0.1, -0.05) is 0 Å². The molecule has 13 heavy (non-hydrogen) atoms. The van der Waals surface area contributed by atoms with Crippen LogP contribution in [0.2, 0.25) is 0 Å². The smallest absolute Gasteiger partial charge is 0.303 e. The molecule has 1 aliphatic carbocycles. The van der Waals surface area contributed by atoms with Crippen molar-refractivity contribution in [2.24, 2.45) is 0 Å². The summed E-state index contributed by atoms with van der Waals surface area (Å²) in [6.07, 6.45) is 2.02. The molecule has 72 valence electrons. The average Bonchev–Trinajstić information content (AvgIpc) is 2.07. The summed E-state index contributed by atoms with van der Waals surface area (Å²) in [4.78, 5) is 21.7. The molecule has 1 unspecified atom stereocenters. The van der Waals surface area contributed by atoms with E-state index in [4.69, 9.17) is 9.84 Å². The summed E-state index contributed by atoms with van der Waals surface area (Å²) < 4.78 is 4.89. The number of aliphatic hydroxyl groups excluding tert-OH is 1. The molecule has 0 aromatic heterocycles. The number of esters is 1. The van der Waals surface area contributed by atoms with Gasteiger partial charge in [0.05, 0.1) is 6.61 Å². The van der Waals surface area contributed by atoms with Gasteiger partial charge in [0.2, 0.25) is 0 Å². The Morgan fingerprint density at radius 2 is 2.46 bits per heavy atom. The Kier molecular flexibility index (Phi) is 3.19. The Morgan fingerprint density at radius 3 is 3.00 bits per heavy atom. The maximum absolute atomic E-state index is 11.1. The van der Waals surface area contributed by atoms with Crippen molar-refractivity contribution in [1.29, 1.82) is 0 Å². The van der Waals surface area contributed by atoms with Crippen molar-refractivity contribution >= 4 is 11.8 Å². The average molecular weight is 184 g/mol. The van der Waals surface area contributed by atoms with Crippen molar-refractivity contribution in [3.8, 4) is 0 Å². The summed E-state index contributed by atoms with van der Waals surface area (Å²) in [5, 5.41) is 8.78. The van der Waals surface area contributed by atoms with Gasteiger partial charge in [0.25, 0.3) is 0 Å². The van der Waals surface area contributed by atoms with Crippen LogP contribution in [-0.2, 0) is 14.3 Å². The van der Waals surface area contributed by atoms with Gasteiger partial charge in [-0.05, 0) is 12.5 Å². The van der Waals surface area contributed by atoms with Crippen LogP contribution in [0.3, 0.4) is 0 Å². The van der Waals surface area contributed by atoms with Gasteiger partial charge in [0.15, 0.2) is 5.78 Å². The maximum atomic E-state index is 11.1. The topological polar surface area (TPSA) is 63.6 Å². The summed E-state index contributed by atoms with van der Waals surface area (Å²) in [6, 6.07) is 0. The zero-order valence-corrected chi connectivity index (χ0v) is 7.45. The van der Waals surface area contributed by atoms with Gasteiger partial charge >= 0.3 is 5.97 Å². The van der Waals surface area contributed by atoms with Gasteiger partial charge in [0, 0.05) is 18.9 Å². The Morgan fingerprint density at radius 1 is 1.77 bits per heavy atom. The summed E-state index contributed by atoms with van der Waals surface area (Å²) >= 11 is 0. The molecule has 0 amide bonds. The van der Waals surface area contributed by atoms with Crippen LogP contribution < -0.4 is 0 Å². The Balaban J connectivity index is 2.65. The Hall–Kier alpha value is -1.16. The quantitative estimate of drug-likeness (QED) is 0.623. The lowest BCUT2D eigenvalue weighted by Gasteiger charge is -2.18. The number of hydrogen-bond acceptors (Lipinski definition) is 4. The lowest BCUT2D eigenvalue weighted by molar-refractivity contribution is -0.145. The monoisotopic (exact) mass is 184 g/mol. The summed E-state index contributed by atoms with van der Waals surface area (Å²) in [5.41, 5.74) is 0.345. The molecule has 0 bridgehead atoms. The maximum Gasteiger partial charge on any atom is 0.303 e. The third-order valence-corrected chi connectivity index (χ3v) is 1.89. The van der Waals surface area contributed by atoms with Crippen LogP contribution in [0.1, 0.15) is 19.8 Å². The lowest BCUT2D eigenvalue weighted by Crippen LogP contribution is -2.23. The summed E-state index contributed by atoms with van der Waals surface area (Å²) in [5.74, 6) is -0.432. The number of ether oxygens (including phenoxy) is 1. The van der Waals surface area contributed by atoms with E-state index in [0.29, 0.717) is 18.4 Å². The third-order valence-electron chi connectivity index (χ3n) is 1.89. The van der Waals surface area contributed by atoms with Crippen molar-refractivity contribution in [1.82, 2.24) is 0 Å². The van der Waals surface area contributed by atoms with Crippen LogP contribution >= 0.6 is 0 Å². The largest absolute Gasteiger partial charge is 0.458 e. The van der Waals surface area contributed by atoms with Gasteiger partial charge in [-0.2, -0.15) is 0 Å². The number of rotatable bonds is 2. The first kappa shape index (κ1) is 9.92. The second-order valence-corrected chi connectivity index (χ2v) is 2.96. The zero-order chi connectivity index (χ0) is 9.84. The van der Waals surface area contributed by atoms with E-state index in [1.54, 1.807) is 0 Å². The van der Waals surface area contributed by atoms with Gasteiger partial charge in [0.1, 0.15) is 6.10 Å². The molecule has 0 heterocycles. The minimum absolute atomic E-state index is 0.0640. The van der Waals surface area contributed by atoms with Crippen molar-refractivity contribution in [2.45, 2.75) is 25.9 Å². The van der Waals surface area contributed by atoms with Crippen LogP contribution in [0.5, 0.6) is 0 Å². The molecule has 1 N–H and O–H groups in total. The highest BCUT2D eigenvalue weighted by molar-refractivity contribution is 5.96. The van der Waals surface area contributed by atoms with Crippen molar-refractivity contribution < 1.29 is 19.4 Å². The normalized spacial score (nSPS) is 22.5. The lowest BCUT2D eigenvalue weighted by atomic mass is 9.96. The number of carbonyl (C=O) groups excluding carboxylic acids is 2. The molecule has 0 radical (unpaired) electrons. The second kappa shape index (κ2) is 4.18. The number of aliphatic hydroxyl groups is 1. The molecule has 1 atom stereocenters. The number of Topliss-reactive ketones (excluding diaryl/α,β-unsaturated/α-hetero) is 1. The third kappa shape index (κ3) is 2.66. The highest BCUT2D eigenvalue weighted by Crippen LogP contribution is 2.16. The molecule has 4 heteroatoms. The van der Waals surface area contributed by atoms with Gasteiger partial charge in [-0.3, -0.25) is 9.59 Å². The molecule has 0 saturated carbocycles. The van der Waals surface area contributed by atoms with E-state index < -0.39 is 0 Å². The van der Waals surface area contributed by atoms with E-state index in [2.05, 4.69) is 0 Å². The van der Waals surface area contributed by atoms with Crippen LogP contribution in [0.15, 0.2) is 11.6 Å². The minimum atomic E-state index is -0.368. The predicted octanol–water partition coefficient (Wildman–Crippen LogP) is 0.200. The molecule has 0 aromatic carbocycles. The van der Waals surface area contributed by atoms with E-state index in [1.165, 1.54) is 13.0 Å². The molecule has 1 aliphatic rings. The van der Waals surface area contributed by atoms with E-state index >= 15 is 0 Å². The second-order valence-electron chi connectivity index (χ2n) is 2.96. The van der Waals surface area contributed by atoms with Crippen molar-refractivity contribution in [2.75, 3.05) is 6.61 Å². The van der Waals surface area contributed by atoms with Crippen molar-refractivity contribution in [3.63, 3.8) is 0 Å². The minimum Gasteiger partial charge on any atom is -0.458 e. The molecule has 4 nitrogen and oxygen atoms in total. The fraction of sp³-hybridized carbons (Fsp3) is 0.556. The van der Waals surface area contributed by atoms with Gasteiger partial charge in [-0.25, -0.2) is 0 Å². The number of carbonyl (C=O) groups is 2. The molecule has 1 rings (SSSR count). The van der Waals surface area contributed by atoms with E-state index in [1.807, 2.05) is 0 Å². The summed E-state index contributed by atoms with van der Waals surface area (Å²) in [6.45, 7) is 1.04. The SMILES string of the molecule is CC(=O)OC1C=C(CO)C(=O)CC1. The standard InChI is InChI=1S/C9H12O4/c1-6(11)13-8-2-3-9(12)7(4-8)5-10/h4,8,10H,2-3,5H2,1H3. The highest BCUT2D eigenvalue weighted by Gasteiger charge is 2.21. The van der Waals surface area contributed by atoms with E-state index in [9.17, 15) is 9.59 Å². The van der Waals surface area contributed by atoms with Crippen LogP contribution in [0.25, 0.3) is 0 Å². The van der Waals surface area contributed by atoms with Crippen LogP contribution in [0, 0.1) is 0 Å². The Labute approximate surface area is 76.2 Å². The first-order valence-corrected chi connectivity index (χ1v) is 4.15. The molecule has 0 fully saturated rings. The predicted molar refractivity (Wildman–Crippen MR) is 45.0 cm³/mol. The van der Waals surface area contributed by atoms with E-state index in [-0.39, 0.29) is 24.5 Å². The highest BCUT2D eigenvalue weighted by atomic mass is 16.5. The molecular formula is C9H12O4. The molecular weight excluding hydrogens is 172 g/mol. The molecule has 0 aliphatic heterocycles. The van der Waals surface area contributed by atoms with Crippen LogP contribution in [-0.4, -0.2) is 29.6 Å². The van der Waals surface area contributed by atoms with Gasteiger partial charge in [-0.15, -0.1) is 0 Å². The number of hydrogen-bond donors (Lipinski definition) is 1. The zero-order valence-electron chi connectivity index (χ0n) is 7.45. The van der Waals surface area contributed by atoms with E-state index in [0.717, 1.165) is 0 Å². The first-order valence-electron chi connectivity index (χ1n) is 4.15. The number of ketones is 1. The Bertz CT molecular complexity index is 254. The molecule has 0 spiro atoms. The molecule has 0 saturated heterocycles. The van der Waals surface area contributed by atoms with Gasteiger partial charge < -0.3 is 9.84 Å². The molecule has 0 aromatic rings. The van der Waals surface area contributed by atoms with Crippen molar-refractivity contribution in [3.05, 3.63) is 11.6 Å².